The van der Waals surface area contributed by atoms with Gasteiger partial charge in [0.1, 0.15) is 0 Å². The predicted molar refractivity (Wildman–Crippen MR) is 178 cm³/mol. The maximum atomic E-state index is 14.0. The maximum absolute atomic E-state index is 14.0. The molecule has 240 valence electrons. The molecule has 2 aromatic carbocycles. The van der Waals surface area contributed by atoms with Gasteiger partial charge >= 0.3 is 0 Å². The van der Waals surface area contributed by atoms with E-state index in [4.69, 9.17) is 9.47 Å². The number of aryl methyl sites for hydroxylation is 2. The van der Waals surface area contributed by atoms with Gasteiger partial charge in [-0.3, -0.25) is 14.5 Å². The number of carbonyl (C=O) groups excluding carboxylic acids is 1. The van der Waals surface area contributed by atoms with E-state index in [1.165, 1.54) is 11.1 Å². The van der Waals surface area contributed by atoms with Crippen molar-refractivity contribution in [3.05, 3.63) is 91.9 Å². The number of aromatic nitrogens is 1. The number of carbonyl (C=O) groups is 1. The smallest absolute Gasteiger partial charge is 0.253 e. The number of fused-ring (bicyclic) bond motifs is 1. The van der Waals surface area contributed by atoms with E-state index in [0.29, 0.717) is 17.2 Å². The van der Waals surface area contributed by atoms with Gasteiger partial charge in [-0.25, -0.2) is 0 Å². The fourth-order valence-corrected chi connectivity index (χ4v) is 7.33. The van der Waals surface area contributed by atoms with Crippen LogP contribution in [0.4, 0.5) is 11.4 Å². The third-order valence-electron chi connectivity index (χ3n) is 9.81. The standard InChI is InChI=1S/C36H47N5O4/c1-5-40(28-10-14-44-15-11-28)33-20-29(19-31(26(33)4)35(42)37-21-32-24(2)18-25(3)38-36(32)43)41-22-27-8-6-7-9-30(27)34(41)23-39-12-16-45-17-13-39/h6-9,18-20,28,34H,5,10-17,21-23H2,1-4H3,(H,37,42)(H,38,43). The van der Waals surface area contributed by atoms with E-state index in [-0.39, 0.29) is 24.1 Å². The number of nitrogens with one attached hydrogen (secondary N) is 2. The maximum Gasteiger partial charge on any atom is 0.253 e. The van der Waals surface area contributed by atoms with Crippen molar-refractivity contribution in [2.75, 3.05) is 62.4 Å². The van der Waals surface area contributed by atoms with E-state index >= 15 is 0 Å². The van der Waals surface area contributed by atoms with Crippen molar-refractivity contribution < 1.29 is 14.3 Å². The Kier molecular flexibility index (Phi) is 9.58. The molecule has 2 saturated heterocycles. The molecule has 6 rings (SSSR count). The summed E-state index contributed by atoms with van der Waals surface area (Å²) >= 11 is 0. The topological polar surface area (TPSA) is 90.1 Å². The molecular formula is C36H47N5O4. The fraction of sp³-hybridized carbons (Fsp3) is 0.500. The first kappa shape index (κ1) is 31.3. The number of hydrogen-bond donors (Lipinski definition) is 2. The van der Waals surface area contributed by atoms with Gasteiger partial charge in [0, 0.05) is 86.7 Å². The van der Waals surface area contributed by atoms with Crippen LogP contribution in [0.25, 0.3) is 0 Å². The van der Waals surface area contributed by atoms with E-state index in [1.54, 1.807) is 0 Å². The number of pyridine rings is 1. The number of hydrogen-bond acceptors (Lipinski definition) is 7. The predicted octanol–water partition coefficient (Wildman–Crippen LogP) is 4.63. The summed E-state index contributed by atoms with van der Waals surface area (Å²) < 4.78 is 11.4. The molecule has 0 radical (unpaired) electrons. The van der Waals surface area contributed by atoms with Crippen LogP contribution in [0.3, 0.4) is 0 Å². The molecule has 1 amide bonds. The Morgan fingerprint density at radius 3 is 2.49 bits per heavy atom. The van der Waals surface area contributed by atoms with Crippen molar-refractivity contribution in [2.45, 2.75) is 65.7 Å². The van der Waals surface area contributed by atoms with Crippen LogP contribution >= 0.6 is 0 Å². The lowest BCUT2D eigenvalue weighted by Gasteiger charge is -2.38. The zero-order chi connectivity index (χ0) is 31.5. The van der Waals surface area contributed by atoms with Crippen molar-refractivity contribution >= 4 is 17.3 Å². The molecule has 2 fully saturated rings. The number of aromatic amines is 1. The highest BCUT2D eigenvalue weighted by Gasteiger charge is 2.34. The summed E-state index contributed by atoms with van der Waals surface area (Å²) in [7, 11) is 0. The van der Waals surface area contributed by atoms with Gasteiger partial charge in [0.15, 0.2) is 0 Å². The Morgan fingerprint density at radius 2 is 1.76 bits per heavy atom. The molecule has 1 unspecified atom stereocenters. The first-order valence-corrected chi connectivity index (χ1v) is 16.4. The van der Waals surface area contributed by atoms with Crippen LogP contribution in [0, 0.1) is 20.8 Å². The molecule has 2 N–H and O–H groups in total. The SMILES string of the molecule is CCN(c1cc(N2Cc3ccccc3C2CN2CCOCC2)cc(C(=O)NCc2c(C)cc(C)[nH]c2=O)c1C)C1CCOCC1. The molecule has 9 nitrogen and oxygen atoms in total. The minimum absolute atomic E-state index is 0.156. The van der Waals surface area contributed by atoms with Gasteiger partial charge in [-0.1, -0.05) is 24.3 Å². The number of H-pyrrole nitrogens is 1. The van der Waals surface area contributed by atoms with Gasteiger partial charge in [0.05, 0.1) is 19.3 Å². The van der Waals surface area contributed by atoms with Crippen LogP contribution in [0.5, 0.6) is 0 Å². The van der Waals surface area contributed by atoms with E-state index < -0.39 is 0 Å². The summed E-state index contributed by atoms with van der Waals surface area (Å²) in [5, 5.41) is 3.09. The van der Waals surface area contributed by atoms with Crippen LogP contribution in [-0.2, 0) is 22.6 Å². The number of morpholine rings is 1. The molecule has 0 saturated carbocycles. The van der Waals surface area contributed by atoms with E-state index in [0.717, 1.165) is 100 Å². The van der Waals surface area contributed by atoms with E-state index in [9.17, 15) is 9.59 Å². The zero-order valence-electron chi connectivity index (χ0n) is 27.2. The highest BCUT2D eigenvalue weighted by Crippen LogP contribution is 2.41. The van der Waals surface area contributed by atoms with Crippen molar-refractivity contribution in [1.82, 2.24) is 15.2 Å². The highest BCUT2D eigenvalue weighted by molar-refractivity contribution is 5.98. The molecule has 1 aromatic heterocycles. The van der Waals surface area contributed by atoms with E-state index in [1.807, 2.05) is 19.9 Å². The normalized spacial score (nSPS) is 19.0. The number of rotatable bonds is 9. The van der Waals surface area contributed by atoms with Gasteiger partial charge in [-0.05, 0) is 81.0 Å². The van der Waals surface area contributed by atoms with Crippen molar-refractivity contribution in [2.24, 2.45) is 0 Å². The second-order valence-corrected chi connectivity index (χ2v) is 12.6. The molecule has 3 aliphatic rings. The minimum atomic E-state index is -0.167. The van der Waals surface area contributed by atoms with Gasteiger partial charge in [0.2, 0.25) is 0 Å². The molecule has 45 heavy (non-hydrogen) atoms. The fourth-order valence-electron chi connectivity index (χ4n) is 7.33. The molecule has 0 aliphatic carbocycles. The molecule has 1 atom stereocenters. The van der Waals surface area contributed by atoms with Crippen LogP contribution in [0.15, 0.2) is 47.3 Å². The van der Waals surface area contributed by atoms with Crippen molar-refractivity contribution in [3.63, 3.8) is 0 Å². The molecule has 3 aromatic rings. The Balaban J connectivity index is 1.39. The lowest BCUT2D eigenvalue weighted by Crippen LogP contribution is -2.42. The molecule has 9 heteroatoms. The first-order valence-electron chi connectivity index (χ1n) is 16.4. The number of benzene rings is 2. The molecule has 0 bridgehead atoms. The summed E-state index contributed by atoms with van der Waals surface area (Å²) in [6.45, 7) is 15.6. The lowest BCUT2D eigenvalue weighted by atomic mass is 9.99. The highest BCUT2D eigenvalue weighted by atomic mass is 16.5. The number of nitrogens with zero attached hydrogens (tertiary/aromatic N) is 3. The molecule has 3 aliphatic heterocycles. The van der Waals surface area contributed by atoms with E-state index in [2.05, 4.69) is 75.2 Å². The Morgan fingerprint density at radius 1 is 1.02 bits per heavy atom. The van der Waals surface area contributed by atoms with Crippen LogP contribution in [-0.4, -0.2) is 74.4 Å². The summed E-state index contributed by atoms with van der Waals surface area (Å²) in [6.07, 6.45) is 1.92. The summed E-state index contributed by atoms with van der Waals surface area (Å²) in [4.78, 5) is 37.1. The average Bonchev–Trinajstić information content (AvgIpc) is 3.40. The molecular weight excluding hydrogens is 566 g/mol. The van der Waals surface area contributed by atoms with Crippen molar-refractivity contribution in [3.8, 4) is 0 Å². The van der Waals surface area contributed by atoms with Crippen molar-refractivity contribution in [1.29, 1.82) is 0 Å². The average molecular weight is 614 g/mol. The summed E-state index contributed by atoms with van der Waals surface area (Å²) in [6, 6.07) is 15.6. The monoisotopic (exact) mass is 613 g/mol. The first-order chi connectivity index (χ1) is 21.8. The number of ether oxygens (including phenoxy) is 2. The Bertz CT molecular complexity index is 1570. The third kappa shape index (κ3) is 6.66. The van der Waals surface area contributed by atoms with Gasteiger partial charge in [-0.15, -0.1) is 0 Å². The van der Waals surface area contributed by atoms with Crippen LogP contribution in [0.1, 0.15) is 69.7 Å². The number of amides is 1. The Hall–Kier alpha value is -3.66. The number of anilines is 2. The third-order valence-corrected chi connectivity index (χ3v) is 9.81. The van der Waals surface area contributed by atoms with Gasteiger partial charge in [-0.2, -0.15) is 0 Å². The largest absolute Gasteiger partial charge is 0.381 e. The summed E-state index contributed by atoms with van der Waals surface area (Å²) in [5.41, 5.74) is 8.54. The minimum Gasteiger partial charge on any atom is -0.381 e. The zero-order valence-corrected chi connectivity index (χ0v) is 27.2. The molecule has 0 spiro atoms. The van der Waals surface area contributed by atoms with Gasteiger partial charge in [0.25, 0.3) is 11.5 Å². The van der Waals surface area contributed by atoms with Crippen LogP contribution in [0.2, 0.25) is 0 Å². The quantitative estimate of drug-likeness (QED) is 0.364. The second-order valence-electron chi connectivity index (χ2n) is 12.6. The Labute approximate surface area is 266 Å². The second kappa shape index (κ2) is 13.8. The van der Waals surface area contributed by atoms with Crippen LogP contribution < -0.4 is 20.7 Å². The van der Waals surface area contributed by atoms with Gasteiger partial charge < -0.3 is 29.6 Å². The summed E-state index contributed by atoms with van der Waals surface area (Å²) in [5.74, 6) is -0.167. The lowest BCUT2D eigenvalue weighted by molar-refractivity contribution is 0.0351. The molecule has 4 heterocycles.